The number of carbonyl (C=O) groups excluding carboxylic acids is 1. The average Bonchev–Trinajstić information content (AvgIpc) is 2.46. The van der Waals surface area contributed by atoms with E-state index < -0.39 is 11.6 Å². The predicted molar refractivity (Wildman–Crippen MR) is 79.8 cm³/mol. The van der Waals surface area contributed by atoms with Crippen molar-refractivity contribution in [1.29, 1.82) is 0 Å². The van der Waals surface area contributed by atoms with Crippen molar-refractivity contribution in [1.82, 2.24) is 0 Å². The lowest BCUT2D eigenvalue weighted by Gasteiger charge is -2.22. The van der Waals surface area contributed by atoms with Crippen LogP contribution < -0.4 is 0 Å². The Labute approximate surface area is 118 Å². The van der Waals surface area contributed by atoms with Crippen LogP contribution in [0.3, 0.4) is 0 Å². The Bertz CT molecular complexity index is 715. The monoisotopic (exact) mass is 262 g/mol. The van der Waals surface area contributed by atoms with Crippen LogP contribution in [0.2, 0.25) is 0 Å². The molecule has 0 heterocycles. The molecule has 2 nitrogen and oxygen atoms in total. The van der Waals surface area contributed by atoms with E-state index in [1.165, 1.54) is 6.92 Å². The van der Waals surface area contributed by atoms with Gasteiger partial charge in [0.2, 0.25) is 5.60 Å². The van der Waals surface area contributed by atoms with Crippen LogP contribution in [0.15, 0.2) is 42.5 Å². The fourth-order valence-electron chi connectivity index (χ4n) is 2.12. The van der Waals surface area contributed by atoms with Crippen LogP contribution in [0.1, 0.15) is 12.5 Å². The first-order valence-corrected chi connectivity index (χ1v) is 6.21. The van der Waals surface area contributed by atoms with E-state index in [9.17, 15) is 4.79 Å². The highest BCUT2D eigenvalue weighted by Crippen LogP contribution is 2.21. The summed E-state index contributed by atoms with van der Waals surface area (Å²) in [6.07, 6.45) is 11.2. The Kier molecular flexibility index (Phi) is 3.78. The summed E-state index contributed by atoms with van der Waals surface area (Å²) in [5, 5.41) is 2.23. The summed E-state index contributed by atoms with van der Waals surface area (Å²) in [6, 6.07) is 13.9. The Morgan fingerprint density at radius 3 is 2.40 bits per heavy atom. The van der Waals surface area contributed by atoms with Crippen molar-refractivity contribution in [2.45, 2.75) is 18.9 Å². The van der Waals surface area contributed by atoms with Gasteiger partial charge in [0.25, 0.3) is 0 Å². The number of benzene rings is 2. The first-order valence-electron chi connectivity index (χ1n) is 6.21. The zero-order valence-electron chi connectivity index (χ0n) is 11.2. The number of fused-ring (bicyclic) bond motifs is 1. The first kappa shape index (κ1) is 13.7. The fraction of sp³-hybridized carbons (Fsp3) is 0.167. The molecule has 0 radical (unpaired) electrons. The minimum atomic E-state index is -1.33. The van der Waals surface area contributed by atoms with Gasteiger partial charge < -0.3 is 4.74 Å². The summed E-state index contributed by atoms with van der Waals surface area (Å²) in [4.78, 5) is 11.2. The summed E-state index contributed by atoms with van der Waals surface area (Å²) in [5.74, 6) is 4.34. The lowest BCUT2D eigenvalue weighted by Crippen LogP contribution is -2.33. The molecule has 0 bridgehead atoms. The number of esters is 1. The highest BCUT2D eigenvalue weighted by atomic mass is 16.6. The van der Waals surface area contributed by atoms with Gasteiger partial charge in [-0.15, -0.1) is 12.8 Å². The molecule has 0 saturated heterocycles. The summed E-state index contributed by atoms with van der Waals surface area (Å²) in [6.45, 7) is 1.30. The largest absolute Gasteiger partial charge is 0.434 e. The summed E-state index contributed by atoms with van der Waals surface area (Å²) in [7, 11) is 0. The summed E-state index contributed by atoms with van der Waals surface area (Å²) in [5.41, 5.74) is -0.394. The molecule has 0 atom stereocenters. The maximum atomic E-state index is 11.2. The molecule has 0 amide bonds. The van der Waals surface area contributed by atoms with Crippen LogP contribution in [-0.4, -0.2) is 11.6 Å². The fourth-order valence-corrected chi connectivity index (χ4v) is 2.12. The van der Waals surface area contributed by atoms with Crippen LogP contribution in [0.5, 0.6) is 0 Å². The Hall–Kier alpha value is -2.71. The number of hydrogen-bond acceptors (Lipinski definition) is 2. The molecular weight excluding hydrogens is 248 g/mol. The molecule has 0 saturated carbocycles. The average molecular weight is 262 g/mol. The van der Waals surface area contributed by atoms with Crippen molar-refractivity contribution in [3.05, 3.63) is 48.0 Å². The van der Waals surface area contributed by atoms with Gasteiger partial charge >= 0.3 is 5.97 Å². The second-order valence-electron chi connectivity index (χ2n) is 4.57. The normalized spacial score (nSPS) is 10.6. The zero-order chi connectivity index (χ0) is 14.6. The van der Waals surface area contributed by atoms with E-state index in [1.807, 2.05) is 42.5 Å². The number of rotatable bonds is 3. The van der Waals surface area contributed by atoms with Crippen molar-refractivity contribution in [3.63, 3.8) is 0 Å². The minimum Gasteiger partial charge on any atom is -0.434 e. The molecule has 0 N–H and O–H groups in total. The molecule has 0 fully saturated rings. The third kappa shape index (κ3) is 2.82. The molecule has 0 spiro atoms. The Morgan fingerprint density at radius 1 is 1.15 bits per heavy atom. The van der Waals surface area contributed by atoms with E-state index in [2.05, 4.69) is 11.8 Å². The lowest BCUT2D eigenvalue weighted by molar-refractivity contribution is -0.147. The first-order chi connectivity index (χ1) is 9.58. The van der Waals surface area contributed by atoms with Gasteiger partial charge in [0.15, 0.2) is 0 Å². The number of carbonyl (C=O) groups is 1. The molecule has 2 aromatic rings. The molecule has 20 heavy (non-hydrogen) atoms. The highest BCUT2D eigenvalue weighted by Gasteiger charge is 2.29. The quantitative estimate of drug-likeness (QED) is 0.628. The Balaban J connectivity index is 2.37. The predicted octanol–water partition coefficient (Wildman–Crippen LogP) is 2.95. The highest BCUT2D eigenvalue weighted by molar-refractivity contribution is 5.83. The number of hydrogen-bond donors (Lipinski definition) is 0. The maximum Gasteiger partial charge on any atom is 0.304 e. The Morgan fingerprint density at radius 2 is 1.80 bits per heavy atom. The topological polar surface area (TPSA) is 26.3 Å². The molecular formula is C18H14O2. The van der Waals surface area contributed by atoms with Crippen molar-refractivity contribution in [2.24, 2.45) is 0 Å². The van der Waals surface area contributed by atoms with Gasteiger partial charge in [-0.1, -0.05) is 42.5 Å². The SMILES string of the molecule is C#CC(C#C)(Cc1ccc2ccccc2c1)OC(C)=O. The second-order valence-corrected chi connectivity index (χ2v) is 4.57. The lowest BCUT2D eigenvalue weighted by atomic mass is 9.94. The molecule has 2 heteroatoms. The summed E-state index contributed by atoms with van der Waals surface area (Å²) < 4.78 is 5.14. The molecule has 0 aromatic heterocycles. The smallest absolute Gasteiger partial charge is 0.304 e. The van der Waals surface area contributed by atoms with Crippen LogP contribution in [-0.2, 0) is 16.0 Å². The van der Waals surface area contributed by atoms with Crippen LogP contribution in [0, 0.1) is 24.7 Å². The van der Waals surface area contributed by atoms with Crippen LogP contribution in [0.4, 0.5) is 0 Å². The van der Waals surface area contributed by atoms with E-state index in [-0.39, 0.29) is 0 Å². The van der Waals surface area contributed by atoms with Crippen molar-refractivity contribution in [2.75, 3.05) is 0 Å². The van der Waals surface area contributed by atoms with Crippen molar-refractivity contribution in [3.8, 4) is 24.7 Å². The molecule has 2 aromatic carbocycles. The summed E-state index contributed by atoms with van der Waals surface area (Å²) >= 11 is 0. The maximum absolute atomic E-state index is 11.2. The van der Waals surface area contributed by atoms with Crippen molar-refractivity contribution >= 4 is 16.7 Å². The minimum absolute atomic E-state index is 0.296. The van der Waals surface area contributed by atoms with Crippen LogP contribution in [0.25, 0.3) is 10.8 Å². The van der Waals surface area contributed by atoms with Gasteiger partial charge in [0.1, 0.15) is 0 Å². The number of ether oxygens (including phenoxy) is 1. The molecule has 0 aliphatic rings. The van der Waals surface area contributed by atoms with Gasteiger partial charge in [-0.05, 0) is 28.2 Å². The third-order valence-corrected chi connectivity index (χ3v) is 3.05. The van der Waals surface area contributed by atoms with Gasteiger partial charge in [0, 0.05) is 13.3 Å². The van der Waals surface area contributed by atoms with Crippen LogP contribution >= 0.6 is 0 Å². The van der Waals surface area contributed by atoms with E-state index >= 15 is 0 Å². The zero-order valence-corrected chi connectivity index (χ0v) is 11.2. The van der Waals surface area contributed by atoms with Gasteiger partial charge in [0.05, 0.1) is 0 Å². The van der Waals surface area contributed by atoms with Gasteiger partial charge in [-0.25, -0.2) is 0 Å². The van der Waals surface area contributed by atoms with E-state index in [4.69, 9.17) is 17.6 Å². The van der Waals surface area contributed by atoms with E-state index in [0.29, 0.717) is 6.42 Å². The third-order valence-electron chi connectivity index (χ3n) is 3.05. The standard InChI is InChI=1S/C18H14O2/c1-4-18(5-2,20-14(3)19)13-15-10-11-16-8-6-7-9-17(16)12-15/h1-2,6-12H,13H2,3H3. The molecule has 0 aliphatic heterocycles. The van der Waals surface area contributed by atoms with Crippen molar-refractivity contribution < 1.29 is 9.53 Å². The molecule has 0 aliphatic carbocycles. The van der Waals surface area contributed by atoms with Gasteiger partial charge in [-0.3, -0.25) is 4.79 Å². The molecule has 0 unspecified atom stereocenters. The second kappa shape index (κ2) is 5.51. The number of terminal acetylenes is 2. The van der Waals surface area contributed by atoms with Gasteiger partial charge in [-0.2, -0.15) is 0 Å². The molecule has 2 rings (SSSR count). The molecule has 98 valence electrons. The van der Waals surface area contributed by atoms with E-state index in [0.717, 1.165) is 16.3 Å². The van der Waals surface area contributed by atoms with E-state index in [1.54, 1.807) is 0 Å².